The third-order valence-electron chi connectivity index (χ3n) is 5.73. The van der Waals surface area contributed by atoms with Crippen molar-refractivity contribution in [1.29, 1.82) is 0 Å². The average Bonchev–Trinajstić information content (AvgIpc) is 3.47. The summed E-state index contributed by atoms with van der Waals surface area (Å²) >= 11 is 0. The summed E-state index contributed by atoms with van der Waals surface area (Å²) in [7, 11) is 1.85. The van der Waals surface area contributed by atoms with Crippen molar-refractivity contribution in [3.05, 3.63) is 42.3 Å². The van der Waals surface area contributed by atoms with Gasteiger partial charge in [-0.2, -0.15) is 5.10 Å². The van der Waals surface area contributed by atoms with E-state index in [9.17, 15) is 4.79 Å². The second-order valence-corrected chi connectivity index (χ2v) is 7.71. The fourth-order valence-corrected chi connectivity index (χ4v) is 4.00. The summed E-state index contributed by atoms with van der Waals surface area (Å²) < 4.78 is 0. The standard InChI is InChI=1S/C21H23N7O/c1-22-20-17-10-23-18(27-21(29)12-5-6-12)8-15(17)16(9-24-20)13-3-2-4-14(7-13)19-25-11-26-28-19/h3,8-12,14H,2,4-7H2,1H3,(H,22,24)(H,23,27,29)(H,25,26,28). The predicted molar refractivity (Wildman–Crippen MR) is 111 cm³/mol. The number of carbonyl (C=O) groups excluding carboxylic acids is 1. The van der Waals surface area contributed by atoms with E-state index < -0.39 is 0 Å². The number of amides is 1. The molecule has 1 amide bonds. The molecule has 0 radical (unpaired) electrons. The zero-order valence-corrected chi connectivity index (χ0v) is 16.3. The van der Waals surface area contributed by atoms with E-state index in [1.165, 1.54) is 5.57 Å². The molecule has 1 atom stereocenters. The number of aromatic amines is 1. The number of anilines is 2. The van der Waals surface area contributed by atoms with Crippen LogP contribution in [-0.4, -0.2) is 38.1 Å². The lowest BCUT2D eigenvalue weighted by atomic mass is 9.84. The minimum absolute atomic E-state index is 0.0582. The van der Waals surface area contributed by atoms with Crippen molar-refractivity contribution < 1.29 is 4.79 Å². The molecule has 0 saturated heterocycles. The van der Waals surface area contributed by atoms with Gasteiger partial charge in [0.25, 0.3) is 0 Å². The maximum Gasteiger partial charge on any atom is 0.228 e. The number of nitrogens with one attached hydrogen (secondary N) is 3. The highest BCUT2D eigenvalue weighted by Crippen LogP contribution is 2.39. The molecule has 2 aliphatic carbocycles. The van der Waals surface area contributed by atoms with E-state index in [0.29, 0.717) is 5.82 Å². The fourth-order valence-electron chi connectivity index (χ4n) is 4.00. The third-order valence-corrected chi connectivity index (χ3v) is 5.73. The molecular weight excluding hydrogens is 366 g/mol. The van der Waals surface area contributed by atoms with Crippen molar-refractivity contribution in [3.63, 3.8) is 0 Å². The Morgan fingerprint density at radius 3 is 2.79 bits per heavy atom. The van der Waals surface area contributed by atoms with E-state index in [2.05, 4.69) is 41.9 Å². The largest absolute Gasteiger partial charge is 0.373 e. The Balaban J connectivity index is 1.53. The van der Waals surface area contributed by atoms with Crippen molar-refractivity contribution in [2.45, 2.75) is 38.0 Å². The molecule has 5 rings (SSSR count). The van der Waals surface area contributed by atoms with Gasteiger partial charge in [0.05, 0.1) is 0 Å². The van der Waals surface area contributed by atoms with E-state index in [1.54, 1.807) is 12.5 Å². The normalized spacial score (nSPS) is 19.1. The number of nitrogens with zero attached hydrogens (tertiary/aromatic N) is 4. The number of fused-ring (bicyclic) bond motifs is 1. The van der Waals surface area contributed by atoms with Gasteiger partial charge >= 0.3 is 0 Å². The van der Waals surface area contributed by atoms with Gasteiger partial charge in [0.2, 0.25) is 5.91 Å². The van der Waals surface area contributed by atoms with Gasteiger partial charge in [0.1, 0.15) is 18.0 Å². The van der Waals surface area contributed by atoms with Gasteiger partial charge in [-0.05, 0) is 49.1 Å². The first-order valence-corrected chi connectivity index (χ1v) is 10.1. The van der Waals surface area contributed by atoms with Crippen molar-refractivity contribution >= 4 is 33.9 Å². The van der Waals surface area contributed by atoms with Crippen molar-refractivity contribution in [1.82, 2.24) is 25.1 Å². The van der Waals surface area contributed by atoms with Gasteiger partial charge in [0, 0.05) is 42.2 Å². The van der Waals surface area contributed by atoms with Gasteiger partial charge in [-0.15, -0.1) is 0 Å². The summed E-state index contributed by atoms with van der Waals surface area (Å²) in [5, 5.41) is 15.2. The monoisotopic (exact) mass is 389 g/mol. The zero-order chi connectivity index (χ0) is 19.8. The first kappa shape index (κ1) is 17.8. The Morgan fingerprint density at radius 1 is 1.14 bits per heavy atom. The van der Waals surface area contributed by atoms with Crippen molar-refractivity contribution in [2.75, 3.05) is 17.7 Å². The number of hydrogen-bond acceptors (Lipinski definition) is 6. The van der Waals surface area contributed by atoms with Gasteiger partial charge in [-0.1, -0.05) is 6.08 Å². The van der Waals surface area contributed by atoms with E-state index in [1.807, 2.05) is 19.3 Å². The van der Waals surface area contributed by atoms with Crippen LogP contribution < -0.4 is 10.6 Å². The molecule has 0 bridgehead atoms. The van der Waals surface area contributed by atoms with Crippen LogP contribution in [0.3, 0.4) is 0 Å². The van der Waals surface area contributed by atoms with Crippen LogP contribution in [0.5, 0.6) is 0 Å². The summed E-state index contributed by atoms with van der Waals surface area (Å²) in [6.45, 7) is 0. The minimum atomic E-state index is 0.0582. The molecule has 3 heterocycles. The molecule has 0 aromatic carbocycles. The molecule has 2 aliphatic rings. The number of carbonyl (C=O) groups is 1. The van der Waals surface area contributed by atoms with Crippen molar-refractivity contribution in [3.8, 4) is 0 Å². The van der Waals surface area contributed by atoms with Crippen LogP contribution in [-0.2, 0) is 4.79 Å². The van der Waals surface area contributed by atoms with Gasteiger partial charge in [-0.3, -0.25) is 9.89 Å². The average molecular weight is 389 g/mol. The Labute approximate surface area is 168 Å². The number of rotatable bonds is 5. The van der Waals surface area contributed by atoms with Gasteiger partial charge in [0.15, 0.2) is 5.82 Å². The lowest BCUT2D eigenvalue weighted by molar-refractivity contribution is -0.117. The molecule has 3 N–H and O–H groups in total. The molecule has 1 saturated carbocycles. The zero-order valence-electron chi connectivity index (χ0n) is 16.3. The molecule has 3 aromatic heterocycles. The van der Waals surface area contributed by atoms with E-state index in [-0.39, 0.29) is 17.7 Å². The third kappa shape index (κ3) is 3.46. The van der Waals surface area contributed by atoms with Crippen LogP contribution in [0, 0.1) is 5.92 Å². The lowest BCUT2D eigenvalue weighted by Crippen LogP contribution is -2.14. The van der Waals surface area contributed by atoms with Crippen LogP contribution in [0.15, 0.2) is 30.9 Å². The summed E-state index contributed by atoms with van der Waals surface area (Å²) in [4.78, 5) is 25.6. The van der Waals surface area contributed by atoms with E-state index in [0.717, 1.165) is 60.1 Å². The number of aromatic nitrogens is 5. The number of hydrogen-bond donors (Lipinski definition) is 3. The van der Waals surface area contributed by atoms with Crippen LogP contribution in [0.25, 0.3) is 16.3 Å². The first-order valence-electron chi connectivity index (χ1n) is 10.1. The molecule has 0 spiro atoms. The Morgan fingerprint density at radius 2 is 2.03 bits per heavy atom. The number of allylic oxidation sites excluding steroid dienone is 2. The van der Waals surface area contributed by atoms with Crippen LogP contribution in [0.4, 0.5) is 11.6 Å². The molecule has 148 valence electrons. The minimum Gasteiger partial charge on any atom is -0.373 e. The van der Waals surface area contributed by atoms with E-state index in [4.69, 9.17) is 0 Å². The number of H-pyrrole nitrogens is 1. The highest BCUT2D eigenvalue weighted by Gasteiger charge is 2.30. The topological polar surface area (TPSA) is 108 Å². The molecule has 8 nitrogen and oxygen atoms in total. The summed E-state index contributed by atoms with van der Waals surface area (Å²) in [5.74, 6) is 2.71. The van der Waals surface area contributed by atoms with Gasteiger partial charge < -0.3 is 10.6 Å². The van der Waals surface area contributed by atoms with Crippen LogP contribution >= 0.6 is 0 Å². The second kappa shape index (κ2) is 7.27. The van der Waals surface area contributed by atoms with Crippen LogP contribution in [0.1, 0.15) is 49.4 Å². The highest BCUT2D eigenvalue weighted by molar-refractivity contribution is 6.02. The fraction of sp³-hybridized carbons (Fsp3) is 0.381. The SMILES string of the molecule is CNc1ncc(C2=CCCC(c3nc[nH]n3)C2)c2cc(NC(=O)C3CC3)ncc12. The molecule has 1 fully saturated rings. The molecule has 0 aliphatic heterocycles. The second-order valence-electron chi connectivity index (χ2n) is 7.71. The number of pyridine rings is 2. The summed E-state index contributed by atoms with van der Waals surface area (Å²) in [6.07, 6.45) is 12.4. The summed E-state index contributed by atoms with van der Waals surface area (Å²) in [5.41, 5.74) is 2.31. The Kier molecular flexibility index (Phi) is 4.46. The molecular formula is C21H23N7O. The smallest absolute Gasteiger partial charge is 0.228 e. The van der Waals surface area contributed by atoms with Crippen molar-refractivity contribution in [2.24, 2.45) is 5.92 Å². The maximum absolute atomic E-state index is 12.2. The maximum atomic E-state index is 12.2. The predicted octanol–water partition coefficient (Wildman–Crippen LogP) is 3.49. The molecule has 8 heteroatoms. The molecule has 29 heavy (non-hydrogen) atoms. The molecule has 3 aromatic rings. The Bertz CT molecular complexity index is 1090. The highest BCUT2D eigenvalue weighted by atomic mass is 16.2. The van der Waals surface area contributed by atoms with Gasteiger partial charge in [-0.25, -0.2) is 15.0 Å². The lowest BCUT2D eigenvalue weighted by Gasteiger charge is -2.22. The summed E-state index contributed by atoms with van der Waals surface area (Å²) in [6, 6.07) is 1.96. The quantitative estimate of drug-likeness (QED) is 0.616. The molecule has 1 unspecified atom stereocenters. The van der Waals surface area contributed by atoms with E-state index >= 15 is 0 Å². The Hall–Kier alpha value is -3.29. The first-order chi connectivity index (χ1) is 14.2. The van der Waals surface area contributed by atoms with Crippen LogP contribution in [0.2, 0.25) is 0 Å².